The molecule has 116 valence electrons. The van der Waals surface area contributed by atoms with Crippen LogP contribution in [0.1, 0.15) is 25.3 Å². The zero-order valence-corrected chi connectivity index (χ0v) is 13.2. The molecule has 0 bridgehead atoms. The summed E-state index contributed by atoms with van der Waals surface area (Å²) in [5.74, 6) is 2.63. The van der Waals surface area contributed by atoms with Gasteiger partial charge in [0.25, 0.3) is 0 Å². The second-order valence-corrected chi connectivity index (χ2v) is 5.19. The van der Waals surface area contributed by atoms with E-state index in [1.54, 1.807) is 0 Å². The van der Waals surface area contributed by atoms with E-state index < -0.39 is 0 Å². The van der Waals surface area contributed by atoms with E-state index in [4.69, 9.17) is 9.47 Å². The highest BCUT2D eigenvalue weighted by molar-refractivity contribution is 5.79. The third-order valence-electron chi connectivity index (χ3n) is 3.55. The predicted molar refractivity (Wildman–Crippen MR) is 85.2 cm³/mol. The maximum absolute atomic E-state index is 5.40. The number of guanidine groups is 1. The Bertz CT molecular complexity index is 488. The molecule has 0 atom stereocenters. The number of fused-ring (bicyclic) bond motifs is 1. The first kappa shape index (κ1) is 15.5. The van der Waals surface area contributed by atoms with Crippen molar-refractivity contribution in [2.24, 2.45) is 4.99 Å². The van der Waals surface area contributed by atoms with Gasteiger partial charge in [0.2, 0.25) is 6.79 Å². The van der Waals surface area contributed by atoms with Crippen molar-refractivity contribution in [1.29, 1.82) is 0 Å². The first-order valence-electron chi connectivity index (χ1n) is 7.55. The quantitative estimate of drug-likeness (QED) is 0.645. The molecule has 1 aliphatic rings. The molecule has 5 heteroatoms. The van der Waals surface area contributed by atoms with Crippen molar-refractivity contribution < 1.29 is 9.47 Å². The average molecular weight is 291 g/mol. The Labute approximate surface area is 127 Å². The fourth-order valence-electron chi connectivity index (χ4n) is 2.30. The van der Waals surface area contributed by atoms with Crippen LogP contribution in [0.3, 0.4) is 0 Å². The van der Waals surface area contributed by atoms with E-state index in [1.807, 2.05) is 19.2 Å². The van der Waals surface area contributed by atoms with Gasteiger partial charge in [-0.05, 0) is 30.5 Å². The summed E-state index contributed by atoms with van der Waals surface area (Å²) in [6.45, 7) is 4.40. The molecule has 0 aromatic heterocycles. The highest BCUT2D eigenvalue weighted by Gasteiger charge is 2.13. The van der Waals surface area contributed by atoms with Gasteiger partial charge in [-0.25, -0.2) is 0 Å². The van der Waals surface area contributed by atoms with E-state index in [1.165, 1.54) is 18.4 Å². The lowest BCUT2D eigenvalue weighted by atomic mass is 10.1. The van der Waals surface area contributed by atoms with E-state index in [2.05, 4.69) is 35.2 Å². The van der Waals surface area contributed by atoms with Gasteiger partial charge < -0.3 is 19.7 Å². The highest BCUT2D eigenvalue weighted by atomic mass is 16.7. The highest BCUT2D eigenvalue weighted by Crippen LogP contribution is 2.32. The first-order valence-corrected chi connectivity index (χ1v) is 7.55. The summed E-state index contributed by atoms with van der Waals surface area (Å²) in [7, 11) is 3.90. The molecule has 0 aliphatic carbocycles. The van der Waals surface area contributed by atoms with E-state index in [9.17, 15) is 0 Å². The van der Waals surface area contributed by atoms with Gasteiger partial charge in [-0.15, -0.1) is 0 Å². The van der Waals surface area contributed by atoms with Crippen LogP contribution < -0.4 is 14.8 Å². The van der Waals surface area contributed by atoms with Gasteiger partial charge in [-0.1, -0.05) is 19.4 Å². The smallest absolute Gasteiger partial charge is 0.231 e. The summed E-state index contributed by atoms with van der Waals surface area (Å²) in [5, 5.41) is 3.40. The summed E-state index contributed by atoms with van der Waals surface area (Å²) < 4.78 is 10.7. The molecule has 2 rings (SSSR count). The maximum Gasteiger partial charge on any atom is 0.231 e. The van der Waals surface area contributed by atoms with E-state index in [-0.39, 0.29) is 0 Å². The van der Waals surface area contributed by atoms with Crippen LogP contribution in [0.2, 0.25) is 0 Å². The van der Waals surface area contributed by atoms with Crippen molar-refractivity contribution in [1.82, 2.24) is 10.2 Å². The minimum absolute atomic E-state index is 0.325. The molecule has 1 heterocycles. The molecule has 0 saturated carbocycles. The van der Waals surface area contributed by atoms with Crippen molar-refractivity contribution in [3.63, 3.8) is 0 Å². The summed E-state index contributed by atoms with van der Waals surface area (Å²) >= 11 is 0. The van der Waals surface area contributed by atoms with Crippen molar-refractivity contribution in [3.8, 4) is 11.5 Å². The molecule has 1 aromatic rings. The van der Waals surface area contributed by atoms with Crippen LogP contribution in [0.5, 0.6) is 11.5 Å². The number of hydrogen-bond donors (Lipinski definition) is 1. The van der Waals surface area contributed by atoms with E-state index in [0.717, 1.165) is 37.0 Å². The van der Waals surface area contributed by atoms with Crippen molar-refractivity contribution in [3.05, 3.63) is 23.8 Å². The molecule has 1 aromatic carbocycles. The molecule has 0 unspecified atom stereocenters. The van der Waals surface area contributed by atoms with Gasteiger partial charge in [0.1, 0.15) is 0 Å². The number of nitrogens with zero attached hydrogens (tertiary/aromatic N) is 2. The topological polar surface area (TPSA) is 46.1 Å². The number of aliphatic imine (C=N–C) groups is 1. The zero-order valence-electron chi connectivity index (χ0n) is 13.2. The SMILES string of the molecule is CCCCN(C)C(=NC)NCCc1ccc2c(c1)OCO2. The lowest BCUT2D eigenvalue weighted by Gasteiger charge is -2.21. The number of ether oxygens (including phenoxy) is 2. The average Bonchev–Trinajstić information content (AvgIpc) is 2.96. The second kappa shape index (κ2) is 7.76. The van der Waals surface area contributed by atoms with Gasteiger partial charge in [-0.2, -0.15) is 0 Å². The minimum atomic E-state index is 0.325. The second-order valence-electron chi connectivity index (χ2n) is 5.19. The Kier molecular flexibility index (Phi) is 5.72. The van der Waals surface area contributed by atoms with E-state index >= 15 is 0 Å². The van der Waals surface area contributed by atoms with Crippen LogP contribution in [0.4, 0.5) is 0 Å². The Balaban J connectivity index is 1.80. The standard InChI is InChI=1S/C16H25N3O2/c1-4-5-10-19(3)16(17-2)18-9-8-13-6-7-14-15(11-13)21-12-20-14/h6-7,11H,4-5,8-10,12H2,1-3H3,(H,17,18). The lowest BCUT2D eigenvalue weighted by molar-refractivity contribution is 0.174. The summed E-state index contributed by atoms with van der Waals surface area (Å²) in [6.07, 6.45) is 3.30. The molecule has 5 nitrogen and oxygen atoms in total. The van der Waals surface area contributed by atoms with Crippen molar-refractivity contribution in [2.75, 3.05) is 34.0 Å². The molecule has 0 amide bonds. The zero-order chi connectivity index (χ0) is 15.1. The van der Waals surface area contributed by atoms with Crippen molar-refractivity contribution >= 4 is 5.96 Å². The third-order valence-corrected chi connectivity index (χ3v) is 3.55. The summed E-state index contributed by atoms with van der Waals surface area (Å²) in [4.78, 5) is 6.49. The molecule has 1 N–H and O–H groups in total. The predicted octanol–water partition coefficient (Wildman–Crippen LogP) is 2.27. The monoisotopic (exact) mass is 291 g/mol. The van der Waals surface area contributed by atoms with Crippen LogP contribution in [0, 0.1) is 0 Å². The Morgan fingerprint density at radius 2 is 2.14 bits per heavy atom. The minimum Gasteiger partial charge on any atom is -0.454 e. The number of benzene rings is 1. The van der Waals surface area contributed by atoms with Crippen LogP contribution in [-0.4, -0.2) is 44.8 Å². The maximum atomic E-state index is 5.40. The van der Waals surface area contributed by atoms with Crippen LogP contribution >= 0.6 is 0 Å². The molecule has 0 fully saturated rings. The lowest BCUT2D eigenvalue weighted by Crippen LogP contribution is -2.40. The van der Waals surface area contributed by atoms with Gasteiger partial charge in [0.05, 0.1) is 0 Å². The molecule has 21 heavy (non-hydrogen) atoms. The third kappa shape index (κ3) is 4.28. The molecule has 0 radical (unpaired) electrons. The Hall–Kier alpha value is -1.91. The molecular weight excluding hydrogens is 266 g/mol. The molecular formula is C16H25N3O2. The van der Waals surface area contributed by atoms with Crippen LogP contribution in [-0.2, 0) is 6.42 Å². The van der Waals surface area contributed by atoms with E-state index in [0.29, 0.717) is 6.79 Å². The Morgan fingerprint density at radius 1 is 1.33 bits per heavy atom. The van der Waals surface area contributed by atoms with Gasteiger partial charge in [0, 0.05) is 27.2 Å². The summed E-state index contributed by atoms with van der Waals surface area (Å²) in [6, 6.07) is 6.10. The molecule has 1 aliphatic heterocycles. The van der Waals surface area contributed by atoms with Crippen molar-refractivity contribution in [2.45, 2.75) is 26.2 Å². The van der Waals surface area contributed by atoms with Crippen LogP contribution in [0.25, 0.3) is 0 Å². The number of nitrogens with one attached hydrogen (secondary N) is 1. The Morgan fingerprint density at radius 3 is 2.90 bits per heavy atom. The fraction of sp³-hybridized carbons (Fsp3) is 0.562. The molecule has 0 saturated heterocycles. The van der Waals surface area contributed by atoms with Gasteiger partial charge in [0.15, 0.2) is 17.5 Å². The molecule has 0 spiro atoms. The number of unbranched alkanes of at least 4 members (excludes halogenated alkanes) is 1. The van der Waals surface area contributed by atoms with Crippen LogP contribution in [0.15, 0.2) is 23.2 Å². The fourth-order valence-corrected chi connectivity index (χ4v) is 2.30. The first-order chi connectivity index (χ1) is 10.2. The van der Waals surface area contributed by atoms with Gasteiger partial charge >= 0.3 is 0 Å². The number of rotatable bonds is 6. The normalized spacial score (nSPS) is 13.4. The van der Waals surface area contributed by atoms with Gasteiger partial charge in [-0.3, -0.25) is 4.99 Å². The number of hydrogen-bond acceptors (Lipinski definition) is 3. The largest absolute Gasteiger partial charge is 0.454 e. The summed E-state index contributed by atoms with van der Waals surface area (Å²) in [5.41, 5.74) is 1.23.